The maximum atomic E-state index is 14.8. The van der Waals surface area contributed by atoms with Crippen LogP contribution in [0.4, 0.5) is 13.2 Å². The predicted octanol–water partition coefficient (Wildman–Crippen LogP) is 8.08. The molecule has 0 saturated heterocycles. The fourth-order valence-corrected chi connectivity index (χ4v) is 5.66. The number of rotatable bonds is 4. The van der Waals surface area contributed by atoms with Gasteiger partial charge in [0.05, 0.1) is 5.56 Å². The molecule has 2 aliphatic carbocycles. The van der Waals surface area contributed by atoms with Crippen LogP contribution in [-0.4, -0.2) is 0 Å². The molecule has 0 spiro atoms. The van der Waals surface area contributed by atoms with Gasteiger partial charge in [0.15, 0.2) is 0 Å². The normalized spacial score (nSPS) is 24.9. The van der Waals surface area contributed by atoms with Gasteiger partial charge < -0.3 is 0 Å². The number of hydrogen-bond acceptors (Lipinski definition) is 0. The second-order valence-corrected chi connectivity index (χ2v) is 9.65. The van der Waals surface area contributed by atoms with Crippen LogP contribution in [0.5, 0.6) is 0 Å². The van der Waals surface area contributed by atoms with Crippen molar-refractivity contribution in [3.63, 3.8) is 0 Å². The zero-order chi connectivity index (χ0) is 22.7. The van der Waals surface area contributed by atoms with Crippen molar-refractivity contribution in [3.8, 4) is 11.8 Å². The van der Waals surface area contributed by atoms with Crippen molar-refractivity contribution < 1.29 is 13.2 Å². The molecule has 4 atom stereocenters. The fraction of sp³-hybridized carbons (Fsp3) is 0.448. The molecule has 2 aliphatic rings. The zero-order valence-corrected chi connectivity index (χ0v) is 18.8. The Labute approximate surface area is 189 Å². The third-order valence-corrected chi connectivity index (χ3v) is 7.54. The summed E-state index contributed by atoms with van der Waals surface area (Å²) in [6, 6.07) is 7.47. The summed E-state index contributed by atoms with van der Waals surface area (Å²) in [6.45, 7) is 5.50. The van der Waals surface area contributed by atoms with Gasteiger partial charge in [0.25, 0.3) is 0 Å². The van der Waals surface area contributed by atoms with Crippen LogP contribution in [0.15, 0.2) is 43.0 Å². The average Bonchev–Trinajstić information content (AvgIpc) is 2.78. The molecule has 2 saturated carbocycles. The van der Waals surface area contributed by atoms with E-state index in [4.69, 9.17) is 0 Å². The van der Waals surface area contributed by atoms with Crippen molar-refractivity contribution in [2.75, 3.05) is 0 Å². The highest BCUT2D eigenvalue weighted by Crippen LogP contribution is 2.48. The molecule has 2 fully saturated rings. The van der Waals surface area contributed by atoms with E-state index in [0.29, 0.717) is 17.0 Å². The molecule has 4 rings (SSSR count). The molecule has 0 heterocycles. The van der Waals surface area contributed by atoms with Crippen LogP contribution in [0.3, 0.4) is 0 Å². The summed E-state index contributed by atoms with van der Waals surface area (Å²) in [6.07, 6.45) is 11.3. The van der Waals surface area contributed by atoms with E-state index in [2.05, 4.69) is 18.4 Å². The van der Waals surface area contributed by atoms with Crippen LogP contribution in [0.1, 0.15) is 79.5 Å². The van der Waals surface area contributed by atoms with Gasteiger partial charge in [-0.3, -0.25) is 0 Å². The molecule has 4 unspecified atom stereocenters. The van der Waals surface area contributed by atoms with Gasteiger partial charge in [0, 0.05) is 5.56 Å². The lowest BCUT2D eigenvalue weighted by molar-refractivity contribution is 0.115. The summed E-state index contributed by atoms with van der Waals surface area (Å²) < 4.78 is 43.3. The van der Waals surface area contributed by atoms with Gasteiger partial charge in [0.2, 0.25) is 0 Å². The molecule has 0 aromatic heterocycles. The number of fused-ring (bicyclic) bond motifs is 1. The van der Waals surface area contributed by atoms with Gasteiger partial charge >= 0.3 is 0 Å². The number of aryl methyl sites for hydroxylation is 1. The van der Waals surface area contributed by atoms with Gasteiger partial charge in [0.1, 0.15) is 17.5 Å². The molecule has 2 aromatic rings. The Kier molecular flexibility index (Phi) is 7.09. The monoisotopic (exact) mass is 436 g/mol. The predicted molar refractivity (Wildman–Crippen MR) is 124 cm³/mol. The van der Waals surface area contributed by atoms with Crippen LogP contribution in [0.25, 0.3) is 0 Å². The minimum Gasteiger partial charge on any atom is -0.207 e. The van der Waals surface area contributed by atoms with E-state index >= 15 is 0 Å². The average molecular weight is 437 g/mol. The van der Waals surface area contributed by atoms with Gasteiger partial charge in [-0.1, -0.05) is 30.4 Å². The minimum atomic E-state index is -0.629. The molecule has 32 heavy (non-hydrogen) atoms. The molecule has 0 radical (unpaired) electrons. The van der Waals surface area contributed by atoms with E-state index in [1.165, 1.54) is 43.9 Å². The molecule has 0 N–H and O–H groups in total. The maximum Gasteiger partial charge on any atom is 0.142 e. The smallest absolute Gasteiger partial charge is 0.142 e. The van der Waals surface area contributed by atoms with Crippen LogP contribution < -0.4 is 0 Å². The first-order chi connectivity index (χ1) is 15.4. The second kappa shape index (κ2) is 9.99. The molecule has 0 aliphatic heterocycles. The van der Waals surface area contributed by atoms with Crippen molar-refractivity contribution in [2.24, 2.45) is 17.8 Å². The van der Waals surface area contributed by atoms with Crippen molar-refractivity contribution in [1.82, 2.24) is 0 Å². The lowest BCUT2D eigenvalue weighted by Crippen LogP contribution is -2.30. The molecule has 0 bridgehead atoms. The number of benzene rings is 2. The molecular weight excluding hydrogens is 405 g/mol. The van der Waals surface area contributed by atoms with Gasteiger partial charge in [-0.25, -0.2) is 13.2 Å². The van der Waals surface area contributed by atoms with Crippen LogP contribution in [0, 0.1) is 54.0 Å². The first-order valence-corrected chi connectivity index (χ1v) is 11.8. The number of hydrogen-bond donors (Lipinski definition) is 0. The highest BCUT2D eigenvalue weighted by atomic mass is 19.1. The first kappa shape index (κ1) is 22.7. The Hall–Kier alpha value is -2.47. The summed E-state index contributed by atoms with van der Waals surface area (Å²) >= 11 is 0. The minimum absolute atomic E-state index is 0.207. The van der Waals surface area contributed by atoms with E-state index in [9.17, 15) is 13.2 Å². The molecule has 3 heteroatoms. The lowest BCUT2D eigenvalue weighted by atomic mass is 9.63. The highest BCUT2D eigenvalue weighted by molar-refractivity contribution is 5.46. The van der Waals surface area contributed by atoms with Crippen molar-refractivity contribution >= 4 is 0 Å². The van der Waals surface area contributed by atoms with E-state index in [1.54, 1.807) is 19.1 Å². The molecule has 2 aromatic carbocycles. The van der Waals surface area contributed by atoms with Gasteiger partial charge in [-0.05, 0) is 111 Å². The fourth-order valence-electron chi connectivity index (χ4n) is 5.66. The molecule has 168 valence electrons. The SMILES string of the molecule is C=CCCC1CCC2CC(c3cc(F)c(C#Cc4ccc(C)c(F)c4)c(F)c3)CCC2C1. The van der Waals surface area contributed by atoms with Crippen molar-refractivity contribution in [2.45, 2.75) is 64.2 Å². The Morgan fingerprint density at radius 1 is 0.906 bits per heavy atom. The molecule has 0 nitrogen and oxygen atoms in total. The third kappa shape index (κ3) is 5.12. The van der Waals surface area contributed by atoms with Crippen LogP contribution in [-0.2, 0) is 0 Å². The zero-order valence-electron chi connectivity index (χ0n) is 18.8. The largest absolute Gasteiger partial charge is 0.207 e. The summed E-state index contributed by atoms with van der Waals surface area (Å²) in [5, 5.41) is 0. The highest BCUT2D eigenvalue weighted by Gasteiger charge is 2.36. The summed E-state index contributed by atoms with van der Waals surface area (Å²) in [5.74, 6) is 6.05. The Morgan fingerprint density at radius 3 is 2.34 bits per heavy atom. The summed E-state index contributed by atoms with van der Waals surface area (Å²) in [7, 11) is 0. The molecule has 0 amide bonds. The summed E-state index contributed by atoms with van der Waals surface area (Å²) in [4.78, 5) is 0. The second-order valence-electron chi connectivity index (χ2n) is 9.65. The van der Waals surface area contributed by atoms with Crippen molar-refractivity contribution in [1.29, 1.82) is 0 Å². The van der Waals surface area contributed by atoms with Crippen molar-refractivity contribution in [3.05, 3.63) is 82.7 Å². The maximum absolute atomic E-state index is 14.8. The Balaban J connectivity index is 1.46. The first-order valence-electron chi connectivity index (χ1n) is 11.8. The van der Waals surface area contributed by atoms with Crippen LogP contribution in [0.2, 0.25) is 0 Å². The van der Waals surface area contributed by atoms with E-state index in [1.807, 2.05) is 6.08 Å². The summed E-state index contributed by atoms with van der Waals surface area (Å²) in [5.41, 5.74) is 1.42. The van der Waals surface area contributed by atoms with Gasteiger partial charge in [-0.2, -0.15) is 0 Å². The van der Waals surface area contributed by atoms with E-state index < -0.39 is 11.6 Å². The third-order valence-electron chi connectivity index (χ3n) is 7.54. The van der Waals surface area contributed by atoms with Crippen LogP contribution >= 0.6 is 0 Å². The topological polar surface area (TPSA) is 0 Å². The van der Waals surface area contributed by atoms with Gasteiger partial charge in [-0.15, -0.1) is 6.58 Å². The van der Waals surface area contributed by atoms with E-state index in [0.717, 1.165) is 43.1 Å². The Morgan fingerprint density at radius 2 is 1.62 bits per heavy atom. The Bertz CT molecular complexity index is 1020. The standard InChI is InChI=1S/C29H31F3/c1-3-4-5-20-8-10-23-16-24(12-11-22(23)14-20)25-17-28(31)26(29(32)18-25)13-9-21-7-6-19(2)27(30)15-21/h3,6-7,15,17-18,20,22-24H,1,4-5,8,10-12,14,16H2,2H3. The number of halogens is 3. The number of allylic oxidation sites excluding steroid dienone is 1. The molecular formula is C29H31F3. The lowest BCUT2D eigenvalue weighted by Gasteiger charge is -2.42. The van der Waals surface area contributed by atoms with E-state index in [-0.39, 0.29) is 17.3 Å². The quantitative estimate of drug-likeness (QED) is 0.336.